The summed E-state index contributed by atoms with van der Waals surface area (Å²) in [5.74, 6) is 0.0758. The molecule has 1 aliphatic heterocycles. The average Bonchev–Trinajstić information content (AvgIpc) is 2.36. The second-order valence-corrected chi connectivity index (χ2v) is 4.32. The Bertz CT molecular complexity index is 221. The van der Waals surface area contributed by atoms with E-state index in [0.717, 1.165) is 25.9 Å². The van der Waals surface area contributed by atoms with E-state index in [0.29, 0.717) is 0 Å². The molecule has 0 spiro atoms. The zero-order chi connectivity index (χ0) is 11.4. The Kier molecular flexibility index (Phi) is 4.54. The minimum Gasteiger partial charge on any atom is -0.394 e. The Morgan fingerprint density at radius 1 is 1.53 bits per heavy atom. The third-order valence-electron chi connectivity index (χ3n) is 3.31. The van der Waals surface area contributed by atoms with E-state index in [-0.39, 0.29) is 24.6 Å². The number of likely N-dealkylation sites (N-methyl/N-ethyl adjacent to an activating group) is 1. The van der Waals surface area contributed by atoms with Crippen molar-refractivity contribution in [3.8, 4) is 0 Å². The van der Waals surface area contributed by atoms with E-state index in [4.69, 9.17) is 0 Å². The van der Waals surface area contributed by atoms with Gasteiger partial charge in [-0.2, -0.15) is 0 Å². The summed E-state index contributed by atoms with van der Waals surface area (Å²) < 4.78 is 0. The molecule has 1 rings (SSSR count). The van der Waals surface area contributed by atoms with Gasteiger partial charge in [0, 0.05) is 19.1 Å². The Balaban J connectivity index is 2.77. The second kappa shape index (κ2) is 5.47. The predicted octanol–water partition coefficient (Wildman–Crippen LogP) is 0.310. The highest BCUT2D eigenvalue weighted by Gasteiger charge is 2.31. The fourth-order valence-corrected chi connectivity index (χ4v) is 2.01. The van der Waals surface area contributed by atoms with Gasteiger partial charge in [0.15, 0.2) is 0 Å². The molecule has 1 saturated heterocycles. The monoisotopic (exact) mass is 214 g/mol. The van der Waals surface area contributed by atoms with Gasteiger partial charge in [-0.25, -0.2) is 0 Å². The molecule has 1 heterocycles. The molecule has 2 unspecified atom stereocenters. The molecule has 0 aromatic carbocycles. The number of aliphatic hydroxyl groups excluding tert-OH is 1. The van der Waals surface area contributed by atoms with E-state index in [2.05, 4.69) is 13.8 Å². The van der Waals surface area contributed by atoms with Crippen LogP contribution in [-0.4, -0.2) is 59.6 Å². The maximum atomic E-state index is 12.1. The van der Waals surface area contributed by atoms with Crippen LogP contribution in [-0.2, 0) is 4.79 Å². The van der Waals surface area contributed by atoms with Gasteiger partial charge in [0.25, 0.3) is 0 Å². The second-order valence-electron chi connectivity index (χ2n) is 4.32. The maximum absolute atomic E-state index is 12.1. The number of carbonyl (C=O) groups is 1. The number of amides is 1. The van der Waals surface area contributed by atoms with Crippen LogP contribution in [0.4, 0.5) is 0 Å². The summed E-state index contributed by atoms with van der Waals surface area (Å²) in [6, 6.07) is -0.0699. The van der Waals surface area contributed by atoms with Crippen molar-refractivity contribution in [3.63, 3.8) is 0 Å². The summed E-state index contributed by atoms with van der Waals surface area (Å²) in [4.78, 5) is 16.0. The molecular formula is C11H22N2O2. The van der Waals surface area contributed by atoms with Crippen LogP contribution in [0.3, 0.4) is 0 Å². The fraction of sp³-hybridized carbons (Fsp3) is 0.909. The molecule has 1 N–H and O–H groups in total. The molecule has 0 aromatic heterocycles. The van der Waals surface area contributed by atoms with Gasteiger partial charge in [0.2, 0.25) is 5.91 Å². The Labute approximate surface area is 91.9 Å². The van der Waals surface area contributed by atoms with Crippen molar-refractivity contribution < 1.29 is 9.90 Å². The Hall–Kier alpha value is -0.610. The van der Waals surface area contributed by atoms with Gasteiger partial charge >= 0.3 is 0 Å². The lowest BCUT2D eigenvalue weighted by Crippen LogP contribution is -2.49. The summed E-state index contributed by atoms with van der Waals surface area (Å²) in [5.41, 5.74) is 0. The smallest absolute Gasteiger partial charge is 0.242 e. The molecule has 4 nitrogen and oxygen atoms in total. The number of rotatable bonds is 3. The third kappa shape index (κ3) is 2.69. The number of hydrogen-bond acceptors (Lipinski definition) is 3. The normalized spacial score (nSPS) is 26.5. The van der Waals surface area contributed by atoms with Crippen LogP contribution in [0.25, 0.3) is 0 Å². The van der Waals surface area contributed by atoms with Crippen molar-refractivity contribution in [1.29, 1.82) is 0 Å². The molecule has 0 aromatic rings. The van der Waals surface area contributed by atoms with Gasteiger partial charge < -0.3 is 10.0 Å². The standard InChI is InChI=1S/C11H22N2O2/c1-4-9(2)13-7-5-6-12(3)10(8-14)11(13)15/h9-10,14H,4-8H2,1-3H3. The third-order valence-corrected chi connectivity index (χ3v) is 3.31. The SMILES string of the molecule is CCC(C)N1CCCN(C)C(CO)C1=O. The number of aliphatic hydroxyl groups is 1. The van der Waals surface area contributed by atoms with Crippen molar-refractivity contribution in [3.05, 3.63) is 0 Å². The van der Waals surface area contributed by atoms with Crippen LogP contribution < -0.4 is 0 Å². The first kappa shape index (κ1) is 12.5. The summed E-state index contributed by atoms with van der Waals surface area (Å²) >= 11 is 0. The molecule has 88 valence electrons. The van der Waals surface area contributed by atoms with Gasteiger partial charge in [0.1, 0.15) is 6.04 Å². The molecule has 1 aliphatic rings. The van der Waals surface area contributed by atoms with Crippen LogP contribution >= 0.6 is 0 Å². The van der Waals surface area contributed by atoms with Gasteiger partial charge in [-0.3, -0.25) is 9.69 Å². The molecule has 0 radical (unpaired) electrons. The topological polar surface area (TPSA) is 43.8 Å². The van der Waals surface area contributed by atoms with Crippen LogP contribution in [0.2, 0.25) is 0 Å². The molecule has 0 saturated carbocycles. The number of hydrogen-bond donors (Lipinski definition) is 1. The predicted molar refractivity (Wildman–Crippen MR) is 59.6 cm³/mol. The number of nitrogens with zero attached hydrogens (tertiary/aromatic N) is 2. The largest absolute Gasteiger partial charge is 0.394 e. The minimum absolute atomic E-state index is 0.0758. The van der Waals surface area contributed by atoms with Crippen LogP contribution in [0.1, 0.15) is 26.7 Å². The van der Waals surface area contributed by atoms with Crippen molar-refractivity contribution in [2.75, 3.05) is 26.7 Å². The number of carbonyl (C=O) groups excluding carboxylic acids is 1. The molecule has 1 fully saturated rings. The highest BCUT2D eigenvalue weighted by Crippen LogP contribution is 2.14. The first-order chi connectivity index (χ1) is 7.11. The summed E-state index contributed by atoms with van der Waals surface area (Å²) in [6.45, 7) is 5.76. The molecule has 4 heteroatoms. The Morgan fingerprint density at radius 3 is 2.73 bits per heavy atom. The van der Waals surface area contributed by atoms with Crippen molar-refractivity contribution in [2.24, 2.45) is 0 Å². The molecule has 0 bridgehead atoms. The lowest BCUT2D eigenvalue weighted by atomic mass is 10.2. The van der Waals surface area contributed by atoms with E-state index in [1.165, 1.54) is 0 Å². The van der Waals surface area contributed by atoms with Gasteiger partial charge in [-0.05, 0) is 26.8 Å². The van der Waals surface area contributed by atoms with E-state index < -0.39 is 0 Å². The first-order valence-electron chi connectivity index (χ1n) is 5.73. The zero-order valence-corrected chi connectivity index (χ0v) is 9.94. The van der Waals surface area contributed by atoms with E-state index >= 15 is 0 Å². The fourth-order valence-electron chi connectivity index (χ4n) is 2.01. The van der Waals surface area contributed by atoms with Crippen LogP contribution in [0.5, 0.6) is 0 Å². The van der Waals surface area contributed by atoms with Gasteiger partial charge in [-0.15, -0.1) is 0 Å². The van der Waals surface area contributed by atoms with Crippen molar-refractivity contribution in [1.82, 2.24) is 9.80 Å². The van der Waals surface area contributed by atoms with E-state index in [9.17, 15) is 9.90 Å². The molecule has 0 aliphatic carbocycles. The first-order valence-corrected chi connectivity index (χ1v) is 5.73. The van der Waals surface area contributed by atoms with E-state index in [1.54, 1.807) is 0 Å². The quantitative estimate of drug-likeness (QED) is 0.735. The molecule has 2 atom stereocenters. The average molecular weight is 214 g/mol. The minimum atomic E-state index is -0.346. The van der Waals surface area contributed by atoms with Crippen LogP contribution in [0, 0.1) is 0 Å². The van der Waals surface area contributed by atoms with Gasteiger partial charge in [0.05, 0.1) is 6.61 Å². The van der Waals surface area contributed by atoms with Gasteiger partial charge in [-0.1, -0.05) is 6.92 Å². The molecular weight excluding hydrogens is 192 g/mol. The van der Waals surface area contributed by atoms with E-state index in [1.807, 2.05) is 16.8 Å². The summed E-state index contributed by atoms with van der Waals surface area (Å²) in [7, 11) is 1.90. The lowest BCUT2D eigenvalue weighted by molar-refractivity contribution is -0.138. The lowest BCUT2D eigenvalue weighted by Gasteiger charge is -2.30. The molecule has 15 heavy (non-hydrogen) atoms. The summed E-state index contributed by atoms with van der Waals surface area (Å²) in [5, 5.41) is 9.24. The van der Waals surface area contributed by atoms with Crippen molar-refractivity contribution >= 4 is 5.91 Å². The Morgan fingerprint density at radius 2 is 2.20 bits per heavy atom. The zero-order valence-electron chi connectivity index (χ0n) is 9.94. The summed E-state index contributed by atoms with van der Waals surface area (Å²) in [6.07, 6.45) is 1.96. The highest BCUT2D eigenvalue weighted by molar-refractivity contribution is 5.82. The molecule has 1 amide bonds. The van der Waals surface area contributed by atoms with Crippen molar-refractivity contribution in [2.45, 2.75) is 38.8 Å². The maximum Gasteiger partial charge on any atom is 0.242 e. The van der Waals surface area contributed by atoms with Crippen LogP contribution in [0.15, 0.2) is 0 Å². The highest BCUT2D eigenvalue weighted by atomic mass is 16.3.